The van der Waals surface area contributed by atoms with E-state index in [0.717, 1.165) is 16.9 Å². The lowest BCUT2D eigenvalue weighted by Crippen LogP contribution is -2.25. The molecule has 3 aromatic rings. The number of nitrogens with one attached hydrogen (secondary N) is 2. The fourth-order valence-corrected chi connectivity index (χ4v) is 2.44. The van der Waals surface area contributed by atoms with Gasteiger partial charge in [0, 0.05) is 12.6 Å². The number of nitrogens with zero attached hydrogens (tertiary/aromatic N) is 2. The number of carbonyl (C=O) groups is 1. The monoisotopic (exact) mass is 336 g/mol. The summed E-state index contributed by atoms with van der Waals surface area (Å²) in [6, 6.07) is 13.3. The van der Waals surface area contributed by atoms with E-state index >= 15 is 0 Å². The average molecular weight is 336 g/mol. The van der Waals surface area contributed by atoms with Crippen molar-refractivity contribution < 1.29 is 9.21 Å². The molecule has 0 atom stereocenters. The van der Waals surface area contributed by atoms with Gasteiger partial charge in [-0.1, -0.05) is 24.3 Å². The molecule has 0 spiro atoms. The Bertz CT molecular complexity index is 860. The van der Waals surface area contributed by atoms with Crippen LogP contribution in [0.15, 0.2) is 53.1 Å². The van der Waals surface area contributed by atoms with Gasteiger partial charge in [0.05, 0.1) is 12.8 Å². The standard InChI is InChI=1S/C19H20N4O2/c1-13-6-3-4-7-15(13)11-21-19(24)17-10-18(23-14(2)22-17)20-12-16-8-5-9-25-16/h3-10H,11-12H2,1-2H3,(H,21,24)(H,20,22,23). The van der Waals surface area contributed by atoms with Gasteiger partial charge >= 0.3 is 0 Å². The van der Waals surface area contributed by atoms with E-state index in [0.29, 0.717) is 30.4 Å². The van der Waals surface area contributed by atoms with Crippen LogP contribution < -0.4 is 10.6 Å². The summed E-state index contributed by atoms with van der Waals surface area (Å²) in [6.45, 7) is 4.74. The minimum absolute atomic E-state index is 0.227. The molecule has 1 aromatic carbocycles. The SMILES string of the molecule is Cc1nc(NCc2ccco2)cc(C(=O)NCc2ccccc2C)n1. The third kappa shape index (κ3) is 4.44. The number of amides is 1. The Morgan fingerprint density at radius 2 is 1.92 bits per heavy atom. The van der Waals surface area contributed by atoms with E-state index in [2.05, 4.69) is 20.6 Å². The molecule has 0 aliphatic heterocycles. The molecule has 128 valence electrons. The van der Waals surface area contributed by atoms with E-state index in [-0.39, 0.29) is 5.91 Å². The zero-order chi connectivity index (χ0) is 17.6. The molecule has 0 aliphatic carbocycles. The number of benzene rings is 1. The smallest absolute Gasteiger partial charge is 0.270 e. The number of hydrogen-bond donors (Lipinski definition) is 2. The molecule has 6 heteroatoms. The molecule has 0 saturated carbocycles. The lowest BCUT2D eigenvalue weighted by molar-refractivity contribution is 0.0945. The van der Waals surface area contributed by atoms with Crippen molar-refractivity contribution in [2.45, 2.75) is 26.9 Å². The van der Waals surface area contributed by atoms with Crippen LogP contribution in [0, 0.1) is 13.8 Å². The van der Waals surface area contributed by atoms with Gasteiger partial charge in [0.1, 0.15) is 23.1 Å². The Morgan fingerprint density at radius 3 is 2.68 bits per heavy atom. The van der Waals surface area contributed by atoms with Crippen LogP contribution in [0.2, 0.25) is 0 Å². The van der Waals surface area contributed by atoms with Gasteiger partial charge in [0.25, 0.3) is 5.91 Å². The highest BCUT2D eigenvalue weighted by molar-refractivity contribution is 5.92. The summed E-state index contributed by atoms with van der Waals surface area (Å²) in [4.78, 5) is 21.0. The van der Waals surface area contributed by atoms with Gasteiger partial charge in [-0.15, -0.1) is 0 Å². The van der Waals surface area contributed by atoms with Crippen LogP contribution in [-0.4, -0.2) is 15.9 Å². The third-order valence-corrected chi connectivity index (χ3v) is 3.80. The van der Waals surface area contributed by atoms with Crippen molar-refractivity contribution in [2.75, 3.05) is 5.32 Å². The summed E-state index contributed by atoms with van der Waals surface area (Å²) in [5.41, 5.74) is 2.56. The Morgan fingerprint density at radius 1 is 1.08 bits per heavy atom. The van der Waals surface area contributed by atoms with E-state index in [4.69, 9.17) is 4.42 Å². The quantitative estimate of drug-likeness (QED) is 0.722. The lowest BCUT2D eigenvalue weighted by Gasteiger charge is -2.09. The molecule has 2 heterocycles. The summed E-state index contributed by atoms with van der Waals surface area (Å²) >= 11 is 0. The fourth-order valence-electron chi connectivity index (χ4n) is 2.44. The van der Waals surface area contributed by atoms with Gasteiger partial charge < -0.3 is 15.1 Å². The Kier molecular flexibility index (Phi) is 5.09. The number of furan rings is 1. The van der Waals surface area contributed by atoms with Crippen molar-refractivity contribution in [2.24, 2.45) is 0 Å². The summed E-state index contributed by atoms with van der Waals surface area (Å²) in [5.74, 6) is 1.69. The van der Waals surface area contributed by atoms with Gasteiger partial charge in [0.2, 0.25) is 0 Å². The second kappa shape index (κ2) is 7.61. The Labute approximate surface area is 146 Å². The molecule has 0 aliphatic rings. The normalized spacial score (nSPS) is 10.5. The molecule has 0 fully saturated rings. The van der Waals surface area contributed by atoms with Crippen LogP contribution in [0.3, 0.4) is 0 Å². The van der Waals surface area contributed by atoms with Crippen LogP contribution in [-0.2, 0) is 13.1 Å². The van der Waals surface area contributed by atoms with Crippen molar-refractivity contribution in [3.63, 3.8) is 0 Å². The van der Waals surface area contributed by atoms with Gasteiger partial charge in [-0.25, -0.2) is 9.97 Å². The van der Waals surface area contributed by atoms with Crippen LogP contribution in [0.1, 0.15) is 33.2 Å². The Balaban J connectivity index is 1.66. The number of hydrogen-bond acceptors (Lipinski definition) is 5. The molecule has 25 heavy (non-hydrogen) atoms. The topological polar surface area (TPSA) is 80.0 Å². The zero-order valence-electron chi connectivity index (χ0n) is 14.2. The first-order valence-electron chi connectivity index (χ1n) is 8.06. The Hall–Kier alpha value is -3.15. The number of rotatable bonds is 6. The molecule has 6 nitrogen and oxygen atoms in total. The van der Waals surface area contributed by atoms with E-state index in [1.807, 2.05) is 43.3 Å². The molecular weight excluding hydrogens is 316 g/mol. The second-order valence-electron chi connectivity index (χ2n) is 5.73. The lowest BCUT2D eigenvalue weighted by atomic mass is 10.1. The van der Waals surface area contributed by atoms with Crippen LogP contribution in [0.25, 0.3) is 0 Å². The van der Waals surface area contributed by atoms with E-state index in [1.54, 1.807) is 19.3 Å². The zero-order valence-corrected chi connectivity index (χ0v) is 14.2. The number of anilines is 1. The van der Waals surface area contributed by atoms with E-state index in [1.165, 1.54) is 0 Å². The summed E-state index contributed by atoms with van der Waals surface area (Å²) in [7, 11) is 0. The highest BCUT2D eigenvalue weighted by Crippen LogP contribution is 2.11. The summed E-state index contributed by atoms with van der Waals surface area (Å²) in [6.07, 6.45) is 1.62. The van der Waals surface area contributed by atoms with E-state index in [9.17, 15) is 4.79 Å². The number of aromatic nitrogens is 2. The highest BCUT2D eigenvalue weighted by Gasteiger charge is 2.11. The predicted molar refractivity (Wildman–Crippen MR) is 95.2 cm³/mol. The van der Waals surface area contributed by atoms with Crippen molar-refractivity contribution in [1.29, 1.82) is 0 Å². The van der Waals surface area contributed by atoms with Crippen LogP contribution in [0.5, 0.6) is 0 Å². The van der Waals surface area contributed by atoms with Crippen molar-refractivity contribution in [1.82, 2.24) is 15.3 Å². The third-order valence-electron chi connectivity index (χ3n) is 3.80. The summed E-state index contributed by atoms with van der Waals surface area (Å²) < 4.78 is 5.28. The molecule has 2 aromatic heterocycles. The van der Waals surface area contributed by atoms with Gasteiger partial charge in [-0.3, -0.25) is 4.79 Å². The van der Waals surface area contributed by atoms with Crippen molar-refractivity contribution in [3.8, 4) is 0 Å². The summed E-state index contributed by atoms with van der Waals surface area (Å²) in [5, 5.41) is 6.05. The molecule has 0 radical (unpaired) electrons. The molecule has 0 bridgehead atoms. The van der Waals surface area contributed by atoms with Gasteiger partial charge in [-0.05, 0) is 37.1 Å². The minimum atomic E-state index is -0.227. The maximum atomic E-state index is 12.4. The molecule has 3 rings (SSSR count). The average Bonchev–Trinajstić information content (AvgIpc) is 3.12. The molecule has 0 unspecified atom stereocenters. The second-order valence-corrected chi connectivity index (χ2v) is 5.73. The number of carbonyl (C=O) groups excluding carboxylic acids is 1. The maximum Gasteiger partial charge on any atom is 0.270 e. The molecule has 1 amide bonds. The first-order valence-corrected chi connectivity index (χ1v) is 8.06. The minimum Gasteiger partial charge on any atom is -0.467 e. The largest absolute Gasteiger partial charge is 0.467 e. The molecule has 0 saturated heterocycles. The van der Waals surface area contributed by atoms with Crippen molar-refractivity contribution in [3.05, 3.63) is 77.1 Å². The van der Waals surface area contributed by atoms with Gasteiger partial charge in [0.15, 0.2) is 0 Å². The van der Waals surface area contributed by atoms with Crippen LogP contribution >= 0.6 is 0 Å². The number of aryl methyl sites for hydroxylation is 2. The van der Waals surface area contributed by atoms with Crippen LogP contribution in [0.4, 0.5) is 5.82 Å². The maximum absolute atomic E-state index is 12.4. The van der Waals surface area contributed by atoms with Crippen molar-refractivity contribution >= 4 is 11.7 Å². The molecule has 2 N–H and O–H groups in total. The predicted octanol–water partition coefficient (Wildman–Crippen LogP) is 3.23. The highest BCUT2D eigenvalue weighted by atomic mass is 16.3. The van der Waals surface area contributed by atoms with E-state index < -0.39 is 0 Å². The fraction of sp³-hybridized carbons (Fsp3) is 0.211. The first-order chi connectivity index (χ1) is 12.1. The molecular formula is C19H20N4O2. The van der Waals surface area contributed by atoms with Gasteiger partial charge in [-0.2, -0.15) is 0 Å². The first kappa shape index (κ1) is 16.7.